The zero-order valence-corrected chi connectivity index (χ0v) is 18.7. The second-order valence-corrected chi connectivity index (χ2v) is 8.02. The Hall–Kier alpha value is -4.13. The summed E-state index contributed by atoms with van der Waals surface area (Å²) in [5, 5.41) is 14.2. The zero-order chi connectivity index (χ0) is 24.4. The van der Waals surface area contributed by atoms with Crippen LogP contribution in [0.3, 0.4) is 0 Å². The van der Waals surface area contributed by atoms with E-state index in [0.717, 1.165) is 6.07 Å². The summed E-state index contributed by atoms with van der Waals surface area (Å²) >= 11 is 0. The molecule has 4 heterocycles. The standard InChI is InChI=1S/C21H25FN10O2/c1-11-18(32-26-4-5-27-32)7-13(9-25-11)28-20-14(19(24)34)8-15(22)21(30-20)29-17-3-6-31(12(2)33)10-16(17)23/h4-5,7-9,16-17H,3,6,10,23H2,1-2H3,(H2,24,34)(H2,28,29,30). The number of nitrogens with two attached hydrogens (primary N) is 2. The molecular formula is C21H25FN10O2. The van der Waals surface area contributed by atoms with Crippen molar-refractivity contribution in [3.63, 3.8) is 0 Å². The van der Waals surface area contributed by atoms with Gasteiger partial charge < -0.3 is 27.0 Å². The summed E-state index contributed by atoms with van der Waals surface area (Å²) < 4.78 is 14.8. The number of carbonyl (C=O) groups excluding carboxylic acids is 2. The van der Waals surface area contributed by atoms with E-state index >= 15 is 0 Å². The Kier molecular flexibility index (Phi) is 6.36. The number of amides is 2. The summed E-state index contributed by atoms with van der Waals surface area (Å²) in [6, 6.07) is 2.01. The summed E-state index contributed by atoms with van der Waals surface area (Å²) in [6.45, 7) is 4.12. The minimum atomic E-state index is -0.846. The molecule has 0 aromatic carbocycles. The molecule has 0 aliphatic carbocycles. The van der Waals surface area contributed by atoms with Gasteiger partial charge in [0.15, 0.2) is 11.6 Å². The van der Waals surface area contributed by atoms with Gasteiger partial charge >= 0.3 is 0 Å². The topological polar surface area (TPSA) is 170 Å². The summed E-state index contributed by atoms with van der Waals surface area (Å²) in [7, 11) is 0. The molecule has 2 unspecified atom stereocenters. The van der Waals surface area contributed by atoms with Crippen molar-refractivity contribution in [1.82, 2.24) is 29.9 Å². The average Bonchev–Trinajstić information content (AvgIpc) is 3.32. The van der Waals surface area contributed by atoms with Gasteiger partial charge in [0, 0.05) is 32.1 Å². The molecule has 0 spiro atoms. The second-order valence-electron chi connectivity index (χ2n) is 8.02. The Bertz CT molecular complexity index is 1220. The fourth-order valence-corrected chi connectivity index (χ4v) is 3.77. The van der Waals surface area contributed by atoms with Gasteiger partial charge in [-0.3, -0.25) is 14.6 Å². The van der Waals surface area contributed by atoms with Crippen LogP contribution in [0, 0.1) is 12.7 Å². The first-order valence-electron chi connectivity index (χ1n) is 10.6. The van der Waals surface area contributed by atoms with Gasteiger partial charge in [0.25, 0.3) is 5.91 Å². The van der Waals surface area contributed by atoms with Gasteiger partial charge in [0.2, 0.25) is 5.91 Å². The first-order valence-corrected chi connectivity index (χ1v) is 10.6. The number of nitrogens with one attached hydrogen (secondary N) is 2. The molecule has 6 N–H and O–H groups in total. The van der Waals surface area contributed by atoms with Crippen molar-refractivity contribution < 1.29 is 14.0 Å². The molecule has 3 aromatic rings. The van der Waals surface area contributed by atoms with Gasteiger partial charge in [-0.1, -0.05) is 0 Å². The van der Waals surface area contributed by atoms with Crippen molar-refractivity contribution in [2.45, 2.75) is 32.4 Å². The Morgan fingerprint density at radius 1 is 1.21 bits per heavy atom. The van der Waals surface area contributed by atoms with Gasteiger partial charge in [0.1, 0.15) is 11.5 Å². The van der Waals surface area contributed by atoms with Gasteiger partial charge in [-0.2, -0.15) is 10.2 Å². The lowest BCUT2D eigenvalue weighted by Gasteiger charge is -2.36. The molecule has 1 aliphatic rings. The summed E-state index contributed by atoms with van der Waals surface area (Å²) in [5.41, 5.74) is 13.3. The molecule has 3 aromatic heterocycles. The molecule has 2 amide bonds. The highest BCUT2D eigenvalue weighted by Gasteiger charge is 2.29. The van der Waals surface area contributed by atoms with E-state index in [1.165, 1.54) is 24.1 Å². The quantitative estimate of drug-likeness (QED) is 0.407. The monoisotopic (exact) mass is 468 g/mol. The fourth-order valence-electron chi connectivity index (χ4n) is 3.77. The summed E-state index contributed by atoms with van der Waals surface area (Å²) in [6.07, 6.45) is 5.13. The molecule has 0 radical (unpaired) electrons. The highest BCUT2D eigenvalue weighted by Crippen LogP contribution is 2.26. The highest BCUT2D eigenvalue weighted by atomic mass is 19.1. The molecule has 0 saturated carbocycles. The molecule has 2 atom stereocenters. The molecule has 34 heavy (non-hydrogen) atoms. The van der Waals surface area contributed by atoms with Crippen molar-refractivity contribution in [1.29, 1.82) is 0 Å². The van der Waals surface area contributed by atoms with Gasteiger partial charge in [-0.15, -0.1) is 4.80 Å². The molecule has 12 nitrogen and oxygen atoms in total. The molecule has 13 heteroatoms. The Balaban J connectivity index is 1.62. The van der Waals surface area contributed by atoms with Gasteiger partial charge in [-0.05, 0) is 25.5 Å². The number of rotatable bonds is 6. The third kappa shape index (κ3) is 4.78. The van der Waals surface area contributed by atoms with Crippen molar-refractivity contribution >= 4 is 29.1 Å². The number of piperidine rings is 1. The molecule has 4 rings (SSSR count). The largest absolute Gasteiger partial charge is 0.365 e. The lowest BCUT2D eigenvalue weighted by molar-refractivity contribution is -0.130. The van der Waals surface area contributed by atoms with Crippen LogP contribution in [0.1, 0.15) is 29.4 Å². The predicted molar refractivity (Wildman–Crippen MR) is 122 cm³/mol. The lowest BCUT2D eigenvalue weighted by Crippen LogP contribution is -2.55. The molecule has 0 bridgehead atoms. The van der Waals surface area contributed by atoms with Crippen LogP contribution in [0.4, 0.5) is 21.7 Å². The number of primary amides is 1. The van der Waals surface area contributed by atoms with Crippen molar-refractivity contribution in [3.05, 3.63) is 47.8 Å². The molecule has 1 fully saturated rings. The van der Waals surface area contributed by atoms with Gasteiger partial charge in [-0.25, -0.2) is 9.37 Å². The van der Waals surface area contributed by atoms with E-state index in [0.29, 0.717) is 36.6 Å². The molecular weight excluding hydrogens is 443 g/mol. The zero-order valence-electron chi connectivity index (χ0n) is 18.7. The van der Waals surface area contributed by atoms with Crippen LogP contribution in [0.5, 0.6) is 0 Å². The van der Waals surface area contributed by atoms with E-state index in [1.807, 2.05) is 0 Å². The Morgan fingerprint density at radius 2 is 1.94 bits per heavy atom. The van der Waals surface area contributed by atoms with Crippen LogP contribution < -0.4 is 22.1 Å². The normalized spacial score (nSPS) is 17.9. The van der Waals surface area contributed by atoms with Crippen LogP contribution in [0.2, 0.25) is 0 Å². The fraction of sp³-hybridized carbons (Fsp3) is 0.333. The SMILES string of the molecule is CC(=O)N1CCC(Nc2nc(Nc3cnc(C)c(-n4nccn4)c3)c(C(N)=O)cc2F)C(N)C1. The maximum Gasteiger partial charge on any atom is 0.252 e. The third-order valence-corrected chi connectivity index (χ3v) is 5.62. The minimum absolute atomic E-state index is 0.0520. The van der Waals surface area contributed by atoms with E-state index in [2.05, 4.69) is 30.8 Å². The van der Waals surface area contributed by atoms with E-state index in [4.69, 9.17) is 11.5 Å². The van der Waals surface area contributed by atoms with Crippen LogP contribution in [0.25, 0.3) is 5.69 Å². The number of carbonyl (C=O) groups is 2. The number of hydrogen-bond donors (Lipinski definition) is 4. The first kappa shape index (κ1) is 23.0. The first-order chi connectivity index (χ1) is 16.2. The highest BCUT2D eigenvalue weighted by molar-refractivity contribution is 5.98. The van der Waals surface area contributed by atoms with Crippen molar-refractivity contribution in [3.8, 4) is 5.69 Å². The average molecular weight is 468 g/mol. The third-order valence-electron chi connectivity index (χ3n) is 5.62. The number of pyridine rings is 2. The number of halogens is 1. The number of aryl methyl sites for hydroxylation is 1. The number of nitrogens with zero attached hydrogens (tertiary/aromatic N) is 6. The van der Waals surface area contributed by atoms with E-state index < -0.39 is 17.8 Å². The smallest absolute Gasteiger partial charge is 0.252 e. The number of anilines is 3. The number of likely N-dealkylation sites (tertiary alicyclic amines) is 1. The molecule has 1 aliphatic heterocycles. The number of hydrogen-bond acceptors (Lipinski definition) is 9. The van der Waals surface area contributed by atoms with E-state index in [1.54, 1.807) is 24.1 Å². The summed E-state index contributed by atoms with van der Waals surface area (Å²) in [4.78, 5) is 35.3. The van der Waals surface area contributed by atoms with Gasteiger partial charge in [0.05, 0.1) is 35.5 Å². The second kappa shape index (κ2) is 9.39. The molecule has 1 saturated heterocycles. The predicted octanol–water partition coefficient (Wildman–Crippen LogP) is 0.707. The Labute approximate surface area is 194 Å². The van der Waals surface area contributed by atoms with Crippen LogP contribution >= 0.6 is 0 Å². The van der Waals surface area contributed by atoms with Crippen LogP contribution in [0.15, 0.2) is 30.7 Å². The maximum atomic E-state index is 14.8. The summed E-state index contributed by atoms with van der Waals surface area (Å²) in [5.74, 6) is -1.69. The minimum Gasteiger partial charge on any atom is -0.365 e. The van der Waals surface area contributed by atoms with Crippen molar-refractivity contribution in [2.24, 2.45) is 11.5 Å². The lowest BCUT2D eigenvalue weighted by atomic mass is 10.00. The van der Waals surface area contributed by atoms with Crippen LogP contribution in [-0.2, 0) is 4.79 Å². The van der Waals surface area contributed by atoms with E-state index in [-0.39, 0.29) is 29.1 Å². The molecule has 178 valence electrons. The Morgan fingerprint density at radius 3 is 2.59 bits per heavy atom. The van der Waals surface area contributed by atoms with Crippen LogP contribution in [-0.4, -0.2) is 66.8 Å². The number of aromatic nitrogens is 5. The van der Waals surface area contributed by atoms with E-state index in [9.17, 15) is 14.0 Å². The van der Waals surface area contributed by atoms with Crippen molar-refractivity contribution in [2.75, 3.05) is 23.7 Å². The maximum absolute atomic E-state index is 14.8.